The van der Waals surface area contributed by atoms with E-state index >= 15 is 0 Å². The second-order valence-corrected chi connectivity index (χ2v) is 17.2. The number of carbonyl (C=O) groups is 4. The number of aliphatic hydroxyl groups is 1. The summed E-state index contributed by atoms with van der Waals surface area (Å²) in [6, 6.07) is 7.88. The van der Waals surface area contributed by atoms with Crippen molar-refractivity contribution in [2.24, 2.45) is 11.8 Å². The van der Waals surface area contributed by atoms with Crippen molar-refractivity contribution in [2.45, 2.75) is 141 Å². The van der Waals surface area contributed by atoms with E-state index in [1.807, 2.05) is 49.3 Å². The molecule has 0 unspecified atom stereocenters. The minimum absolute atomic E-state index is 0.0196. The Morgan fingerprint density at radius 1 is 1.06 bits per heavy atom. The molecule has 1 aliphatic heterocycles. The van der Waals surface area contributed by atoms with Crippen molar-refractivity contribution in [3.8, 4) is 0 Å². The fraction of sp³-hybridized carbons (Fsp3) is 0.683. The van der Waals surface area contributed by atoms with Gasteiger partial charge in [0, 0.05) is 57.6 Å². The monoisotopic (exact) mass is 772 g/mol. The SMILES string of the molecule is CC[C@H](C)[C@@H]([C@@H](CC(=O)N1CCC[C@H]1[C@H](OC)[C@@H](C)C(=O)C[C@@H](Cc1ccccc1)c1nccs1)OC)N(C)C(=O)[C@@H](NC(=O)OC(C)(C)C)C(C)(C)O. The number of hydrogen-bond donors (Lipinski definition) is 2. The van der Waals surface area contributed by atoms with Gasteiger partial charge in [0.05, 0.1) is 41.3 Å². The third-order valence-corrected chi connectivity index (χ3v) is 11.5. The molecule has 2 N–H and O–H groups in total. The molecule has 2 heterocycles. The van der Waals surface area contributed by atoms with Gasteiger partial charge >= 0.3 is 6.09 Å². The van der Waals surface area contributed by atoms with E-state index in [-0.39, 0.29) is 36.0 Å². The third kappa shape index (κ3) is 12.3. The summed E-state index contributed by atoms with van der Waals surface area (Å²) < 4.78 is 17.4. The minimum atomic E-state index is -1.63. The molecule has 3 amide bonds. The van der Waals surface area contributed by atoms with Crippen LogP contribution < -0.4 is 5.32 Å². The van der Waals surface area contributed by atoms with E-state index in [0.717, 1.165) is 17.0 Å². The second-order valence-electron chi connectivity index (χ2n) is 16.2. The van der Waals surface area contributed by atoms with Crippen molar-refractivity contribution in [1.82, 2.24) is 20.1 Å². The molecule has 0 aliphatic carbocycles. The summed E-state index contributed by atoms with van der Waals surface area (Å²) in [7, 11) is 4.72. The number of aromatic nitrogens is 1. The number of methoxy groups -OCH3 is 2. The Morgan fingerprint density at radius 3 is 2.26 bits per heavy atom. The molecule has 302 valence electrons. The zero-order chi connectivity index (χ0) is 40.4. The molecule has 12 nitrogen and oxygen atoms in total. The fourth-order valence-corrected chi connectivity index (χ4v) is 8.26. The van der Waals surface area contributed by atoms with E-state index in [2.05, 4.69) is 22.4 Å². The van der Waals surface area contributed by atoms with E-state index in [4.69, 9.17) is 14.2 Å². The number of carbonyl (C=O) groups excluding carboxylic acids is 4. The number of likely N-dealkylation sites (N-methyl/N-ethyl adjacent to an activating group) is 1. The van der Waals surface area contributed by atoms with Crippen LogP contribution in [0.1, 0.15) is 104 Å². The molecule has 1 aromatic heterocycles. The normalized spacial score (nSPS) is 18.9. The molecule has 1 fully saturated rings. The largest absolute Gasteiger partial charge is 0.444 e. The molecule has 54 heavy (non-hydrogen) atoms. The van der Waals surface area contributed by atoms with E-state index < -0.39 is 53.4 Å². The van der Waals surface area contributed by atoms with Gasteiger partial charge in [-0.3, -0.25) is 14.4 Å². The van der Waals surface area contributed by atoms with Crippen molar-refractivity contribution in [3.05, 3.63) is 52.5 Å². The highest BCUT2D eigenvalue weighted by Gasteiger charge is 2.44. The van der Waals surface area contributed by atoms with Crippen LogP contribution in [-0.2, 0) is 35.0 Å². The maximum Gasteiger partial charge on any atom is 0.408 e. The van der Waals surface area contributed by atoms with Gasteiger partial charge in [0.1, 0.15) is 17.4 Å². The molecule has 0 bridgehead atoms. The summed E-state index contributed by atoms with van der Waals surface area (Å²) in [4.78, 5) is 62.9. The van der Waals surface area contributed by atoms with Crippen LogP contribution in [-0.4, -0.2) is 113 Å². The lowest BCUT2D eigenvalue weighted by atomic mass is 9.85. The fourth-order valence-electron chi connectivity index (χ4n) is 7.52. The average Bonchev–Trinajstić information content (AvgIpc) is 3.82. The lowest BCUT2D eigenvalue weighted by molar-refractivity contribution is -0.149. The number of nitrogens with zero attached hydrogens (tertiary/aromatic N) is 3. The Bertz CT molecular complexity index is 1490. The van der Waals surface area contributed by atoms with Crippen LogP contribution in [0, 0.1) is 11.8 Å². The third-order valence-electron chi connectivity index (χ3n) is 10.5. The highest BCUT2D eigenvalue weighted by Crippen LogP contribution is 2.33. The predicted molar refractivity (Wildman–Crippen MR) is 210 cm³/mol. The van der Waals surface area contributed by atoms with Crippen LogP contribution >= 0.6 is 11.3 Å². The quantitative estimate of drug-likeness (QED) is 0.175. The van der Waals surface area contributed by atoms with Gasteiger partial charge in [0.15, 0.2) is 0 Å². The van der Waals surface area contributed by atoms with Crippen LogP contribution in [0.2, 0.25) is 0 Å². The van der Waals surface area contributed by atoms with Crippen LogP contribution in [0.25, 0.3) is 0 Å². The van der Waals surface area contributed by atoms with Gasteiger partial charge in [-0.1, -0.05) is 57.5 Å². The number of hydrogen-bond acceptors (Lipinski definition) is 10. The molecular formula is C41H64N4O8S. The topological polar surface area (TPSA) is 148 Å². The van der Waals surface area contributed by atoms with Crippen LogP contribution in [0.4, 0.5) is 4.79 Å². The first-order valence-electron chi connectivity index (χ1n) is 19.1. The predicted octanol–water partition coefficient (Wildman–Crippen LogP) is 6.01. The van der Waals surface area contributed by atoms with Crippen LogP contribution in [0.15, 0.2) is 41.9 Å². The van der Waals surface area contributed by atoms with Gasteiger partial charge in [0.25, 0.3) is 0 Å². The summed E-state index contributed by atoms with van der Waals surface area (Å²) in [6.07, 6.45) is 2.83. The Balaban J connectivity index is 1.79. The molecule has 0 spiro atoms. The van der Waals surface area contributed by atoms with Gasteiger partial charge in [0.2, 0.25) is 11.8 Å². The van der Waals surface area contributed by atoms with Crippen molar-refractivity contribution in [2.75, 3.05) is 27.8 Å². The molecule has 2 aromatic rings. The summed E-state index contributed by atoms with van der Waals surface area (Å²) in [5.74, 6) is -1.29. The lowest BCUT2D eigenvalue weighted by Crippen LogP contribution is -2.62. The van der Waals surface area contributed by atoms with Crippen molar-refractivity contribution >= 4 is 35.0 Å². The maximum absolute atomic E-state index is 14.2. The number of amides is 3. The van der Waals surface area contributed by atoms with E-state index in [0.29, 0.717) is 32.2 Å². The van der Waals surface area contributed by atoms with E-state index in [1.165, 1.54) is 25.9 Å². The van der Waals surface area contributed by atoms with Gasteiger partial charge in [-0.05, 0) is 65.4 Å². The highest BCUT2D eigenvalue weighted by molar-refractivity contribution is 7.09. The lowest BCUT2D eigenvalue weighted by Gasteiger charge is -2.41. The zero-order valence-corrected chi connectivity index (χ0v) is 35.0. The summed E-state index contributed by atoms with van der Waals surface area (Å²) in [5, 5.41) is 16.4. The number of rotatable bonds is 19. The van der Waals surface area contributed by atoms with E-state index in [1.54, 1.807) is 52.5 Å². The Hall–Kier alpha value is -3.39. The average molecular weight is 773 g/mol. The van der Waals surface area contributed by atoms with Crippen molar-refractivity contribution in [3.63, 3.8) is 0 Å². The van der Waals surface area contributed by atoms with Crippen LogP contribution in [0.5, 0.6) is 0 Å². The smallest absolute Gasteiger partial charge is 0.408 e. The molecule has 1 saturated heterocycles. The van der Waals surface area contributed by atoms with E-state index in [9.17, 15) is 24.3 Å². The Labute approximate surface area is 326 Å². The number of ketones is 1. The van der Waals surface area contributed by atoms with Crippen molar-refractivity contribution in [1.29, 1.82) is 0 Å². The number of nitrogens with one attached hydrogen (secondary N) is 1. The molecule has 13 heteroatoms. The number of ether oxygens (including phenoxy) is 3. The molecule has 1 aromatic carbocycles. The molecule has 3 rings (SSSR count). The first-order valence-corrected chi connectivity index (χ1v) is 20.0. The molecular weight excluding hydrogens is 709 g/mol. The molecule has 8 atom stereocenters. The first kappa shape index (κ1) is 45.0. The van der Waals surface area contributed by atoms with Gasteiger partial charge < -0.3 is 34.4 Å². The van der Waals surface area contributed by atoms with Gasteiger partial charge in [-0.15, -0.1) is 11.3 Å². The minimum Gasteiger partial charge on any atom is -0.444 e. The molecule has 1 aliphatic rings. The molecule has 0 saturated carbocycles. The first-order chi connectivity index (χ1) is 25.3. The van der Waals surface area contributed by atoms with Crippen LogP contribution in [0.3, 0.4) is 0 Å². The summed E-state index contributed by atoms with van der Waals surface area (Å²) in [6.45, 7) is 14.4. The Morgan fingerprint density at radius 2 is 1.72 bits per heavy atom. The summed E-state index contributed by atoms with van der Waals surface area (Å²) in [5.41, 5.74) is -1.30. The Kier molecular flexibility index (Phi) is 16.6. The molecule has 0 radical (unpaired) electrons. The second kappa shape index (κ2) is 20.0. The number of benzene rings is 1. The number of Topliss-reactive ketones (excluding diaryl/α,β-unsaturated/α-hetero) is 1. The maximum atomic E-state index is 14.2. The number of thiazole rings is 1. The zero-order valence-electron chi connectivity index (χ0n) is 34.2. The van der Waals surface area contributed by atoms with Gasteiger partial charge in [-0.25, -0.2) is 9.78 Å². The standard InChI is InChI=1S/C41H64N4O8S/c1-12-26(2)34(44(9)38(48)36(41(7,8)50)43-39(49)53-40(4,5)6)32(51-10)25-33(47)45-21-16-19-30(45)35(52-11)27(3)31(46)24-29(37-42-20-22-54-37)23-28-17-14-13-15-18-28/h13-15,17-18,20,22,26-27,29-30,32,34-36,50H,12,16,19,21,23-25H2,1-11H3,(H,43,49)/t26-,27-,29+,30-,32+,34-,35+,36+/m0/s1. The van der Waals surface area contributed by atoms with Gasteiger partial charge in [-0.2, -0.15) is 0 Å². The summed E-state index contributed by atoms with van der Waals surface area (Å²) >= 11 is 1.55. The van der Waals surface area contributed by atoms with Crippen molar-refractivity contribution < 1.29 is 38.5 Å². The highest BCUT2D eigenvalue weighted by atomic mass is 32.1. The number of likely N-dealkylation sites (tertiary alicyclic amines) is 1. The number of alkyl carbamates (subject to hydrolysis) is 1.